The molecule has 0 bridgehead atoms. The Kier molecular flexibility index (Phi) is 5.00. The quantitative estimate of drug-likeness (QED) is 0.892. The molecule has 2 heteroatoms. The molecule has 0 atom stereocenters. The molecule has 0 amide bonds. The lowest BCUT2D eigenvalue weighted by Gasteiger charge is -2.24. The fourth-order valence-electron chi connectivity index (χ4n) is 2.95. The van der Waals surface area contributed by atoms with Gasteiger partial charge in [0, 0.05) is 13.1 Å². The summed E-state index contributed by atoms with van der Waals surface area (Å²) in [5.41, 5.74) is 3.45. The van der Waals surface area contributed by atoms with E-state index in [1.165, 1.54) is 43.5 Å². The van der Waals surface area contributed by atoms with Gasteiger partial charge >= 0.3 is 0 Å². The van der Waals surface area contributed by atoms with Crippen LogP contribution in [0.3, 0.4) is 0 Å². The summed E-state index contributed by atoms with van der Waals surface area (Å²) >= 11 is 0. The van der Waals surface area contributed by atoms with Crippen molar-refractivity contribution < 1.29 is 0 Å². The Balaban J connectivity index is 2.01. The van der Waals surface area contributed by atoms with Crippen LogP contribution in [-0.4, -0.2) is 25.0 Å². The molecule has 2 nitrogen and oxygen atoms in total. The van der Waals surface area contributed by atoms with E-state index in [0.29, 0.717) is 5.41 Å². The zero-order chi connectivity index (χ0) is 13.7. The highest BCUT2D eigenvalue weighted by molar-refractivity contribution is 5.27. The molecule has 0 saturated carbocycles. The van der Waals surface area contributed by atoms with Crippen LogP contribution < -0.4 is 5.32 Å². The third kappa shape index (κ3) is 4.32. The van der Waals surface area contributed by atoms with Crippen LogP contribution in [0.25, 0.3) is 0 Å². The monoisotopic (exact) mass is 260 g/mol. The van der Waals surface area contributed by atoms with Gasteiger partial charge in [0.1, 0.15) is 0 Å². The number of nitrogens with zero attached hydrogens (tertiary/aromatic N) is 1. The van der Waals surface area contributed by atoms with Crippen LogP contribution in [0.5, 0.6) is 0 Å². The molecule has 0 radical (unpaired) electrons. The van der Waals surface area contributed by atoms with Crippen LogP contribution in [-0.2, 0) is 13.1 Å². The van der Waals surface area contributed by atoms with E-state index < -0.39 is 0 Å². The molecule has 1 aliphatic heterocycles. The van der Waals surface area contributed by atoms with Gasteiger partial charge in [0.2, 0.25) is 0 Å². The highest BCUT2D eigenvalue weighted by Crippen LogP contribution is 2.30. The average Bonchev–Trinajstić information content (AvgIpc) is 2.54. The second-order valence-electron chi connectivity index (χ2n) is 6.59. The summed E-state index contributed by atoms with van der Waals surface area (Å²) in [6.45, 7) is 9.37. The lowest BCUT2D eigenvalue weighted by Crippen LogP contribution is -2.26. The van der Waals surface area contributed by atoms with Crippen LogP contribution in [0.1, 0.15) is 44.2 Å². The van der Waals surface area contributed by atoms with Crippen LogP contribution in [0.2, 0.25) is 0 Å². The highest BCUT2D eigenvalue weighted by Gasteiger charge is 2.23. The second kappa shape index (κ2) is 6.53. The van der Waals surface area contributed by atoms with Crippen molar-refractivity contribution in [3.63, 3.8) is 0 Å². The fourth-order valence-corrected chi connectivity index (χ4v) is 2.95. The molecule has 106 valence electrons. The van der Waals surface area contributed by atoms with E-state index in [4.69, 9.17) is 0 Å². The third-order valence-electron chi connectivity index (χ3n) is 4.31. The Morgan fingerprint density at radius 2 is 1.84 bits per heavy atom. The molecule has 2 rings (SSSR count). The van der Waals surface area contributed by atoms with Crippen LogP contribution in [0, 0.1) is 5.41 Å². The van der Waals surface area contributed by atoms with Crippen molar-refractivity contribution in [2.45, 2.75) is 46.2 Å². The molecule has 0 spiro atoms. The van der Waals surface area contributed by atoms with Crippen molar-refractivity contribution in [2.75, 3.05) is 20.1 Å². The van der Waals surface area contributed by atoms with E-state index in [2.05, 4.69) is 48.3 Å². The number of likely N-dealkylation sites (tertiary alicyclic amines) is 1. The van der Waals surface area contributed by atoms with Crippen molar-refractivity contribution in [3.8, 4) is 0 Å². The van der Waals surface area contributed by atoms with Crippen LogP contribution >= 0.6 is 0 Å². The molecule has 1 fully saturated rings. The minimum atomic E-state index is 0.527. The van der Waals surface area contributed by atoms with E-state index in [1.807, 2.05) is 7.05 Å². The second-order valence-corrected chi connectivity index (χ2v) is 6.59. The minimum absolute atomic E-state index is 0.527. The van der Waals surface area contributed by atoms with Gasteiger partial charge in [0.25, 0.3) is 0 Å². The normalized spacial score (nSPS) is 20.2. The fraction of sp³-hybridized carbons (Fsp3) is 0.647. The number of nitrogens with one attached hydrogen (secondary N) is 1. The first kappa shape index (κ1) is 14.5. The SMILES string of the molecule is CNCc1ccccc1CN1CCCC(C)(C)CC1. The van der Waals surface area contributed by atoms with Gasteiger partial charge in [0.05, 0.1) is 0 Å². The first-order chi connectivity index (χ1) is 9.11. The zero-order valence-electron chi connectivity index (χ0n) is 12.7. The average molecular weight is 260 g/mol. The molecular formula is C17H28N2. The Bertz CT molecular complexity index is 398. The molecule has 1 aliphatic rings. The first-order valence-corrected chi connectivity index (χ1v) is 7.54. The summed E-state index contributed by atoms with van der Waals surface area (Å²) in [5, 5.41) is 3.27. The standard InChI is InChI=1S/C17H28N2/c1-17(2)9-6-11-19(12-10-17)14-16-8-5-4-7-15(16)13-18-3/h4-5,7-8,18H,6,9-14H2,1-3H3. The van der Waals surface area contributed by atoms with E-state index in [9.17, 15) is 0 Å². The van der Waals surface area contributed by atoms with Crippen molar-refractivity contribution in [1.82, 2.24) is 10.2 Å². The molecule has 1 saturated heterocycles. The van der Waals surface area contributed by atoms with Crippen molar-refractivity contribution in [1.29, 1.82) is 0 Å². The van der Waals surface area contributed by atoms with E-state index >= 15 is 0 Å². The number of hydrogen-bond donors (Lipinski definition) is 1. The van der Waals surface area contributed by atoms with Gasteiger partial charge in [-0.25, -0.2) is 0 Å². The molecule has 1 N–H and O–H groups in total. The summed E-state index contributed by atoms with van der Waals surface area (Å²) < 4.78 is 0. The molecule has 19 heavy (non-hydrogen) atoms. The maximum atomic E-state index is 3.27. The topological polar surface area (TPSA) is 15.3 Å². The molecule has 1 aromatic carbocycles. The van der Waals surface area contributed by atoms with E-state index in [-0.39, 0.29) is 0 Å². The van der Waals surface area contributed by atoms with Crippen molar-refractivity contribution >= 4 is 0 Å². The Morgan fingerprint density at radius 3 is 2.58 bits per heavy atom. The van der Waals surface area contributed by atoms with Gasteiger partial charge in [-0.05, 0) is 55.9 Å². The molecule has 0 aromatic heterocycles. The van der Waals surface area contributed by atoms with Crippen LogP contribution in [0.15, 0.2) is 24.3 Å². The maximum Gasteiger partial charge on any atom is 0.0236 e. The maximum absolute atomic E-state index is 3.27. The Labute approximate surface area is 118 Å². The van der Waals surface area contributed by atoms with Gasteiger partial charge in [-0.15, -0.1) is 0 Å². The highest BCUT2D eigenvalue weighted by atomic mass is 15.1. The largest absolute Gasteiger partial charge is 0.316 e. The van der Waals surface area contributed by atoms with Gasteiger partial charge in [0.15, 0.2) is 0 Å². The van der Waals surface area contributed by atoms with Crippen molar-refractivity contribution in [2.24, 2.45) is 5.41 Å². The number of benzene rings is 1. The van der Waals surface area contributed by atoms with E-state index in [1.54, 1.807) is 0 Å². The van der Waals surface area contributed by atoms with E-state index in [0.717, 1.165) is 13.1 Å². The van der Waals surface area contributed by atoms with Crippen molar-refractivity contribution in [3.05, 3.63) is 35.4 Å². The predicted molar refractivity (Wildman–Crippen MR) is 82.1 cm³/mol. The smallest absolute Gasteiger partial charge is 0.0236 e. The predicted octanol–water partition coefficient (Wildman–Crippen LogP) is 3.42. The lowest BCUT2D eigenvalue weighted by atomic mass is 9.85. The minimum Gasteiger partial charge on any atom is -0.316 e. The molecule has 1 aromatic rings. The van der Waals surface area contributed by atoms with Crippen LogP contribution in [0.4, 0.5) is 0 Å². The Morgan fingerprint density at radius 1 is 1.11 bits per heavy atom. The number of hydrogen-bond acceptors (Lipinski definition) is 2. The Hall–Kier alpha value is -0.860. The molecule has 0 aliphatic carbocycles. The first-order valence-electron chi connectivity index (χ1n) is 7.54. The zero-order valence-corrected chi connectivity index (χ0v) is 12.7. The summed E-state index contributed by atoms with van der Waals surface area (Å²) in [6.07, 6.45) is 4.02. The summed E-state index contributed by atoms with van der Waals surface area (Å²) in [7, 11) is 2.02. The van der Waals surface area contributed by atoms with Gasteiger partial charge < -0.3 is 5.32 Å². The van der Waals surface area contributed by atoms with Gasteiger partial charge in [-0.2, -0.15) is 0 Å². The lowest BCUT2D eigenvalue weighted by molar-refractivity contribution is 0.255. The molecule has 1 heterocycles. The third-order valence-corrected chi connectivity index (χ3v) is 4.31. The summed E-state index contributed by atoms with van der Waals surface area (Å²) in [4.78, 5) is 2.63. The number of rotatable bonds is 4. The molecular weight excluding hydrogens is 232 g/mol. The van der Waals surface area contributed by atoms with Gasteiger partial charge in [-0.1, -0.05) is 38.1 Å². The molecule has 0 unspecified atom stereocenters. The van der Waals surface area contributed by atoms with Gasteiger partial charge in [-0.3, -0.25) is 4.90 Å². The summed E-state index contributed by atoms with van der Waals surface area (Å²) in [5.74, 6) is 0. The summed E-state index contributed by atoms with van der Waals surface area (Å²) in [6, 6.07) is 8.83.